The molecule has 4 unspecified atom stereocenters. The summed E-state index contributed by atoms with van der Waals surface area (Å²) in [6.45, 7) is 0.182. The minimum Gasteiger partial charge on any atom is -0.508 e. The van der Waals surface area contributed by atoms with E-state index in [1.165, 1.54) is 23.9 Å². The number of aromatic hydroxyl groups is 1. The van der Waals surface area contributed by atoms with E-state index in [1.807, 2.05) is 6.26 Å². The van der Waals surface area contributed by atoms with E-state index in [0.29, 0.717) is 17.7 Å². The molecule has 212 valence electrons. The fraction of sp³-hybridized carbons (Fsp3) is 0.522. The van der Waals surface area contributed by atoms with Gasteiger partial charge in [0.15, 0.2) is 5.96 Å². The van der Waals surface area contributed by atoms with E-state index >= 15 is 0 Å². The average Bonchev–Trinajstić information content (AvgIpc) is 2.87. The Balaban J connectivity index is 3.13. The van der Waals surface area contributed by atoms with Crippen molar-refractivity contribution in [3.05, 3.63) is 29.8 Å². The molecule has 0 bridgehead atoms. The highest BCUT2D eigenvalue weighted by atomic mass is 32.2. The molecule has 0 spiro atoms. The van der Waals surface area contributed by atoms with Crippen molar-refractivity contribution in [2.24, 2.45) is 22.2 Å². The molecule has 0 aliphatic carbocycles. The number of aliphatic imine (C=N–C) groups is 1. The first-order valence-electron chi connectivity index (χ1n) is 11.8. The lowest BCUT2D eigenvalue weighted by Crippen LogP contribution is -2.57. The van der Waals surface area contributed by atoms with Crippen LogP contribution in [0.25, 0.3) is 0 Å². The quantitative estimate of drug-likeness (QED) is 0.0456. The molecule has 3 amide bonds. The number of guanidine groups is 1. The van der Waals surface area contributed by atoms with Crippen LogP contribution in [0.3, 0.4) is 0 Å². The predicted molar refractivity (Wildman–Crippen MR) is 150 cm³/mol. The molecule has 15 heteroatoms. The van der Waals surface area contributed by atoms with Gasteiger partial charge in [-0.25, -0.2) is 4.79 Å². The van der Waals surface area contributed by atoms with Gasteiger partial charge in [0.25, 0.3) is 0 Å². The molecule has 0 aromatic heterocycles. The van der Waals surface area contributed by atoms with Gasteiger partial charge in [-0.3, -0.25) is 19.4 Å². The number of hydrogen-bond acceptors (Lipinski definition) is 9. The second-order valence-corrected chi connectivity index (χ2v) is 9.76. The summed E-state index contributed by atoms with van der Waals surface area (Å²) in [5.74, 6) is -2.74. The number of hydrogen-bond donors (Lipinski definition) is 9. The lowest BCUT2D eigenvalue weighted by atomic mass is 10.0. The van der Waals surface area contributed by atoms with E-state index in [-0.39, 0.29) is 43.3 Å². The maximum atomic E-state index is 13.3. The molecule has 13 nitrogen and oxygen atoms in total. The Morgan fingerprint density at radius 1 is 0.974 bits per heavy atom. The molecule has 11 N–H and O–H groups in total. The molecule has 0 saturated carbocycles. The number of nitrogens with one attached hydrogen (secondary N) is 3. The highest BCUT2D eigenvalue weighted by molar-refractivity contribution is 7.98. The van der Waals surface area contributed by atoms with E-state index in [1.54, 1.807) is 12.1 Å². The van der Waals surface area contributed by atoms with Crippen molar-refractivity contribution in [1.82, 2.24) is 16.0 Å². The van der Waals surface area contributed by atoms with Crippen LogP contribution in [0.15, 0.2) is 29.3 Å². The summed E-state index contributed by atoms with van der Waals surface area (Å²) in [4.78, 5) is 54.3. The van der Waals surface area contributed by atoms with Crippen molar-refractivity contribution < 1.29 is 29.4 Å². The van der Waals surface area contributed by atoms with Gasteiger partial charge < -0.3 is 43.4 Å². The summed E-state index contributed by atoms with van der Waals surface area (Å²) in [7, 11) is 0. The zero-order chi connectivity index (χ0) is 28.7. The SMILES string of the molecule is CSCCC(NC(=O)C(CCCN=C(N)N)NC(=O)C(Cc1ccc(O)cc1)NC(=O)C(N)CS)C(=O)O. The molecule has 0 saturated heterocycles. The molecule has 0 fully saturated rings. The number of amides is 3. The summed E-state index contributed by atoms with van der Waals surface area (Å²) in [5, 5.41) is 26.7. The Hall–Kier alpha value is -3.17. The van der Waals surface area contributed by atoms with Crippen molar-refractivity contribution in [2.45, 2.75) is 49.9 Å². The number of carboxylic acid groups (broad SMARTS) is 1. The van der Waals surface area contributed by atoms with Gasteiger partial charge in [0.05, 0.1) is 6.04 Å². The van der Waals surface area contributed by atoms with Crippen LogP contribution < -0.4 is 33.2 Å². The van der Waals surface area contributed by atoms with Gasteiger partial charge in [0.2, 0.25) is 17.7 Å². The van der Waals surface area contributed by atoms with Crippen LogP contribution >= 0.6 is 24.4 Å². The van der Waals surface area contributed by atoms with E-state index in [4.69, 9.17) is 17.2 Å². The van der Waals surface area contributed by atoms with Crippen molar-refractivity contribution in [2.75, 3.05) is 24.3 Å². The van der Waals surface area contributed by atoms with Gasteiger partial charge in [-0.1, -0.05) is 12.1 Å². The normalized spacial score (nSPS) is 13.9. The number of benzene rings is 1. The number of nitrogens with two attached hydrogens (primary N) is 3. The second kappa shape index (κ2) is 17.4. The lowest BCUT2D eigenvalue weighted by molar-refractivity contribution is -0.142. The smallest absolute Gasteiger partial charge is 0.326 e. The van der Waals surface area contributed by atoms with Crippen LogP contribution in [-0.4, -0.2) is 88.3 Å². The Morgan fingerprint density at radius 3 is 2.11 bits per heavy atom. The summed E-state index contributed by atoms with van der Waals surface area (Å²) in [6, 6.07) is 1.67. The Morgan fingerprint density at radius 2 is 1.55 bits per heavy atom. The largest absolute Gasteiger partial charge is 0.508 e. The van der Waals surface area contributed by atoms with Crippen LogP contribution in [0.1, 0.15) is 24.8 Å². The number of aliphatic carboxylic acids is 1. The molecule has 0 heterocycles. The van der Waals surface area contributed by atoms with Crippen molar-refractivity contribution >= 4 is 54.0 Å². The number of carboxylic acids is 1. The Labute approximate surface area is 231 Å². The van der Waals surface area contributed by atoms with Crippen molar-refractivity contribution in [1.29, 1.82) is 0 Å². The number of nitrogens with zero attached hydrogens (tertiary/aromatic N) is 1. The zero-order valence-electron chi connectivity index (χ0n) is 21.1. The summed E-state index contributed by atoms with van der Waals surface area (Å²) < 4.78 is 0. The average molecular weight is 572 g/mol. The molecule has 38 heavy (non-hydrogen) atoms. The summed E-state index contributed by atoms with van der Waals surface area (Å²) in [5.41, 5.74) is 17.1. The molecular formula is C23H37N7O6S2. The highest BCUT2D eigenvalue weighted by Crippen LogP contribution is 2.12. The molecule has 1 aromatic rings. The van der Waals surface area contributed by atoms with E-state index in [9.17, 15) is 29.4 Å². The van der Waals surface area contributed by atoms with Crippen LogP contribution in [0.5, 0.6) is 5.75 Å². The molecular weight excluding hydrogens is 534 g/mol. The minimum atomic E-state index is -1.20. The van der Waals surface area contributed by atoms with Gasteiger partial charge in [-0.05, 0) is 49.0 Å². The number of thiol groups is 1. The number of phenols is 1. The first-order chi connectivity index (χ1) is 18.0. The van der Waals surface area contributed by atoms with E-state index in [0.717, 1.165) is 0 Å². The maximum Gasteiger partial charge on any atom is 0.326 e. The fourth-order valence-electron chi connectivity index (χ4n) is 3.25. The highest BCUT2D eigenvalue weighted by Gasteiger charge is 2.30. The minimum absolute atomic E-state index is 0.0304. The zero-order valence-corrected chi connectivity index (χ0v) is 22.8. The van der Waals surface area contributed by atoms with Crippen molar-refractivity contribution in [3.63, 3.8) is 0 Å². The third kappa shape index (κ3) is 12.4. The molecule has 1 rings (SSSR count). The van der Waals surface area contributed by atoms with Crippen LogP contribution in [0.4, 0.5) is 0 Å². The Kier molecular flexibility index (Phi) is 15.0. The molecule has 1 aromatic carbocycles. The first kappa shape index (κ1) is 32.9. The lowest BCUT2D eigenvalue weighted by Gasteiger charge is -2.25. The number of rotatable bonds is 17. The maximum absolute atomic E-state index is 13.3. The molecule has 0 aliphatic heterocycles. The number of thioether (sulfide) groups is 1. The van der Waals surface area contributed by atoms with Crippen molar-refractivity contribution in [3.8, 4) is 5.75 Å². The molecule has 4 atom stereocenters. The Bertz CT molecular complexity index is 960. The third-order valence-electron chi connectivity index (χ3n) is 5.35. The van der Waals surface area contributed by atoms with Gasteiger partial charge in [0, 0.05) is 18.7 Å². The van der Waals surface area contributed by atoms with Gasteiger partial charge in [0.1, 0.15) is 23.9 Å². The summed E-state index contributed by atoms with van der Waals surface area (Å²) in [6.07, 6.45) is 2.44. The number of carbonyl (C=O) groups is 4. The third-order valence-corrected chi connectivity index (χ3v) is 6.38. The van der Waals surface area contributed by atoms with Crippen LogP contribution in [-0.2, 0) is 25.6 Å². The van der Waals surface area contributed by atoms with E-state index < -0.39 is 47.9 Å². The van der Waals surface area contributed by atoms with Gasteiger partial charge in [-0.15, -0.1) is 0 Å². The second-order valence-electron chi connectivity index (χ2n) is 8.41. The first-order valence-corrected chi connectivity index (χ1v) is 13.8. The van der Waals surface area contributed by atoms with Crippen LogP contribution in [0.2, 0.25) is 0 Å². The number of phenolic OH excluding ortho intramolecular Hbond substituents is 1. The monoisotopic (exact) mass is 571 g/mol. The standard InChI is InChI=1S/C23H37N7O6S2/c1-38-10-8-17(22(35)36)29-20(33)16(3-2-9-27-23(25)26)28-21(34)18(30-19(32)15(24)12-37)11-13-4-6-14(31)7-5-13/h4-7,15-18,31,37H,2-3,8-12,24H2,1H3,(H,28,34)(H,29,33)(H,30,32)(H,35,36)(H4,25,26,27). The fourth-order valence-corrected chi connectivity index (χ4v) is 3.89. The number of carbonyl (C=O) groups excluding carboxylic acids is 3. The topological polar surface area (TPSA) is 235 Å². The van der Waals surface area contributed by atoms with Crippen LogP contribution in [0, 0.1) is 0 Å². The van der Waals surface area contributed by atoms with E-state index in [2.05, 4.69) is 33.6 Å². The molecule has 0 radical (unpaired) electrons. The van der Waals surface area contributed by atoms with Gasteiger partial charge >= 0.3 is 5.97 Å². The summed E-state index contributed by atoms with van der Waals surface area (Å²) >= 11 is 5.45. The predicted octanol–water partition coefficient (Wildman–Crippen LogP) is -1.46. The molecule has 0 aliphatic rings. The van der Waals surface area contributed by atoms with Gasteiger partial charge in [-0.2, -0.15) is 24.4 Å².